The number of nitrogens with zero attached hydrogens (tertiary/aromatic N) is 3. The molecule has 4 rings (SSSR count). The third kappa shape index (κ3) is 2.68. The maximum absolute atomic E-state index is 12.4. The van der Waals surface area contributed by atoms with Crippen LogP contribution < -0.4 is 0 Å². The van der Waals surface area contributed by atoms with E-state index in [2.05, 4.69) is 29.6 Å². The number of hydrogen-bond acceptors (Lipinski definition) is 3. The van der Waals surface area contributed by atoms with Crippen molar-refractivity contribution >= 4 is 18.0 Å². The number of hydrogen-bond donors (Lipinski definition) is 0. The van der Waals surface area contributed by atoms with Gasteiger partial charge in [-0.25, -0.2) is 0 Å². The van der Waals surface area contributed by atoms with Crippen LogP contribution in [0.2, 0.25) is 0 Å². The van der Waals surface area contributed by atoms with Crippen molar-refractivity contribution in [2.24, 2.45) is 5.10 Å². The molecule has 0 spiro atoms. The zero-order chi connectivity index (χ0) is 18.3. The summed E-state index contributed by atoms with van der Waals surface area (Å²) in [5.41, 5.74) is 4.15. The van der Waals surface area contributed by atoms with Gasteiger partial charge in [0.2, 0.25) is 0 Å². The second-order valence-electron chi connectivity index (χ2n) is 7.20. The number of amides is 2. The molecule has 2 amide bonds. The number of imide groups is 1. The van der Waals surface area contributed by atoms with Crippen LogP contribution in [0.15, 0.2) is 35.4 Å². The van der Waals surface area contributed by atoms with E-state index in [-0.39, 0.29) is 11.8 Å². The first-order valence-electron chi connectivity index (χ1n) is 9.28. The Morgan fingerprint density at radius 2 is 1.62 bits per heavy atom. The van der Waals surface area contributed by atoms with E-state index < -0.39 is 0 Å². The monoisotopic (exact) mass is 349 g/mol. The van der Waals surface area contributed by atoms with Gasteiger partial charge in [-0.3, -0.25) is 9.59 Å². The Bertz CT molecular complexity index is 869. The molecule has 2 aromatic rings. The second-order valence-corrected chi connectivity index (χ2v) is 7.20. The van der Waals surface area contributed by atoms with Gasteiger partial charge in [-0.1, -0.05) is 31.4 Å². The van der Waals surface area contributed by atoms with Crippen LogP contribution in [0.4, 0.5) is 0 Å². The molecule has 5 heteroatoms. The lowest BCUT2D eigenvalue weighted by atomic mass is 9.95. The lowest BCUT2D eigenvalue weighted by Crippen LogP contribution is -2.24. The average Bonchev–Trinajstić information content (AvgIpc) is 3.08. The SMILES string of the molecule is Cc1cc(/C=N\N2C(=O)c3ccccc3C2=O)c(C)n1C1CCCCC1. The molecule has 1 saturated carbocycles. The molecule has 2 heterocycles. The van der Waals surface area contributed by atoms with Crippen LogP contribution in [0.3, 0.4) is 0 Å². The minimum atomic E-state index is -0.358. The average molecular weight is 349 g/mol. The number of fused-ring (bicyclic) bond motifs is 1. The van der Waals surface area contributed by atoms with Crippen LogP contribution in [-0.2, 0) is 0 Å². The van der Waals surface area contributed by atoms with Gasteiger partial charge in [0.25, 0.3) is 11.8 Å². The fourth-order valence-electron chi connectivity index (χ4n) is 4.24. The normalized spacial score (nSPS) is 18.2. The summed E-state index contributed by atoms with van der Waals surface area (Å²) in [6.07, 6.45) is 7.95. The summed E-state index contributed by atoms with van der Waals surface area (Å²) < 4.78 is 2.39. The largest absolute Gasteiger partial charge is 0.345 e. The van der Waals surface area contributed by atoms with Gasteiger partial charge in [0.05, 0.1) is 17.3 Å². The summed E-state index contributed by atoms with van der Waals surface area (Å²) >= 11 is 0. The number of carbonyl (C=O) groups excluding carboxylic acids is 2. The molecule has 5 nitrogen and oxygen atoms in total. The van der Waals surface area contributed by atoms with Crippen LogP contribution in [0, 0.1) is 13.8 Å². The number of carbonyl (C=O) groups is 2. The van der Waals surface area contributed by atoms with Gasteiger partial charge in [0.15, 0.2) is 0 Å². The van der Waals surface area contributed by atoms with E-state index in [9.17, 15) is 9.59 Å². The molecule has 1 aliphatic carbocycles. The fraction of sp³-hybridized carbons (Fsp3) is 0.381. The minimum absolute atomic E-state index is 0.358. The first kappa shape index (κ1) is 16.8. The molecule has 0 unspecified atom stereocenters. The zero-order valence-corrected chi connectivity index (χ0v) is 15.2. The highest BCUT2D eigenvalue weighted by atomic mass is 16.2. The van der Waals surface area contributed by atoms with Crippen LogP contribution in [-0.4, -0.2) is 27.6 Å². The summed E-state index contributed by atoms with van der Waals surface area (Å²) in [6, 6.07) is 9.49. The van der Waals surface area contributed by atoms with Gasteiger partial charge in [-0.05, 0) is 44.9 Å². The molecular formula is C21H23N3O2. The lowest BCUT2D eigenvalue weighted by molar-refractivity contribution is 0.0660. The summed E-state index contributed by atoms with van der Waals surface area (Å²) in [6.45, 7) is 4.20. The Labute approximate surface area is 153 Å². The Hall–Kier alpha value is -2.69. The highest BCUT2D eigenvalue weighted by Crippen LogP contribution is 2.32. The molecular weight excluding hydrogens is 326 g/mol. The first-order valence-corrected chi connectivity index (χ1v) is 9.28. The molecule has 2 aliphatic rings. The van der Waals surface area contributed by atoms with Crippen molar-refractivity contribution in [3.05, 3.63) is 58.4 Å². The van der Waals surface area contributed by atoms with Gasteiger partial charge < -0.3 is 4.57 Å². The molecule has 1 aromatic carbocycles. The molecule has 1 aromatic heterocycles. The molecule has 0 bridgehead atoms. The lowest BCUT2D eigenvalue weighted by Gasteiger charge is -2.26. The Morgan fingerprint density at radius 1 is 1.00 bits per heavy atom. The predicted octanol–water partition coefficient (Wildman–Crippen LogP) is 4.24. The van der Waals surface area contributed by atoms with Gasteiger partial charge in [0, 0.05) is 23.0 Å². The number of rotatable bonds is 3. The number of aromatic nitrogens is 1. The van der Waals surface area contributed by atoms with E-state index >= 15 is 0 Å². The van der Waals surface area contributed by atoms with Crippen LogP contribution in [0.5, 0.6) is 0 Å². The van der Waals surface area contributed by atoms with E-state index in [1.165, 1.54) is 37.8 Å². The van der Waals surface area contributed by atoms with Gasteiger partial charge >= 0.3 is 0 Å². The zero-order valence-electron chi connectivity index (χ0n) is 15.2. The Morgan fingerprint density at radius 3 is 2.23 bits per heavy atom. The Kier molecular flexibility index (Phi) is 4.23. The van der Waals surface area contributed by atoms with Crippen molar-refractivity contribution in [3.63, 3.8) is 0 Å². The quantitative estimate of drug-likeness (QED) is 0.615. The van der Waals surface area contributed by atoms with Crippen LogP contribution in [0.1, 0.15) is 75.8 Å². The van der Waals surface area contributed by atoms with E-state index in [1.54, 1.807) is 30.5 Å². The molecule has 0 atom stereocenters. The number of aryl methyl sites for hydroxylation is 1. The van der Waals surface area contributed by atoms with Gasteiger partial charge in [-0.15, -0.1) is 0 Å². The maximum Gasteiger partial charge on any atom is 0.282 e. The molecule has 1 aliphatic heterocycles. The highest BCUT2D eigenvalue weighted by Gasteiger charge is 2.35. The molecule has 0 saturated heterocycles. The van der Waals surface area contributed by atoms with Crippen LogP contribution >= 0.6 is 0 Å². The first-order chi connectivity index (χ1) is 12.6. The predicted molar refractivity (Wildman–Crippen MR) is 101 cm³/mol. The summed E-state index contributed by atoms with van der Waals surface area (Å²) in [7, 11) is 0. The highest BCUT2D eigenvalue weighted by molar-refractivity contribution is 6.21. The molecule has 0 radical (unpaired) electrons. The molecule has 26 heavy (non-hydrogen) atoms. The minimum Gasteiger partial charge on any atom is -0.345 e. The van der Waals surface area contributed by atoms with Crippen molar-refractivity contribution in [2.45, 2.75) is 52.0 Å². The smallest absolute Gasteiger partial charge is 0.282 e. The van der Waals surface area contributed by atoms with Crippen molar-refractivity contribution in [2.75, 3.05) is 0 Å². The van der Waals surface area contributed by atoms with Gasteiger partial charge in [-0.2, -0.15) is 10.1 Å². The van der Waals surface area contributed by atoms with Gasteiger partial charge in [0.1, 0.15) is 0 Å². The van der Waals surface area contributed by atoms with Crippen molar-refractivity contribution in [1.29, 1.82) is 0 Å². The standard InChI is InChI=1S/C21H23N3O2/c1-14-12-16(15(2)23(14)17-8-4-3-5-9-17)13-22-24-20(25)18-10-6-7-11-19(18)21(24)26/h6-7,10-13,17H,3-5,8-9H2,1-2H3/b22-13-. The van der Waals surface area contributed by atoms with Crippen molar-refractivity contribution in [1.82, 2.24) is 9.58 Å². The van der Waals surface area contributed by atoms with E-state index in [0.717, 1.165) is 16.3 Å². The van der Waals surface area contributed by atoms with E-state index in [1.807, 2.05) is 0 Å². The third-order valence-electron chi connectivity index (χ3n) is 5.55. The fourth-order valence-corrected chi connectivity index (χ4v) is 4.24. The number of benzene rings is 1. The second kappa shape index (κ2) is 6.56. The maximum atomic E-state index is 12.4. The molecule has 0 N–H and O–H groups in total. The third-order valence-corrected chi connectivity index (χ3v) is 5.55. The van der Waals surface area contributed by atoms with E-state index in [0.29, 0.717) is 17.2 Å². The van der Waals surface area contributed by atoms with E-state index in [4.69, 9.17) is 0 Å². The van der Waals surface area contributed by atoms with Crippen molar-refractivity contribution < 1.29 is 9.59 Å². The summed E-state index contributed by atoms with van der Waals surface area (Å²) in [5, 5.41) is 5.20. The summed E-state index contributed by atoms with van der Waals surface area (Å²) in [5.74, 6) is -0.717. The molecule has 1 fully saturated rings. The molecule has 134 valence electrons. The number of hydrazone groups is 1. The Balaban J connectivity index is 1.60. The topological polar surface area (TPSA) is 54.7 Å². The van der Waals surface area contributed by atoms with Crippen molar-refractivity contribution in [3.8, 4) is 0 Å². The summed E-state index contributed by atoms with van der Waals surface area (Å²) in [4.78, 5) is 24.8. The van der Waals surface area contributed by atoms with Crippen LogP contribution in [0.25, 0.3) is 0 Å².